The lowest BCUT2D eigenvalue weighted by Gasteiger charge is -2.36. The van der Waals surface area contributed by atoms with Crippen LogP contribution in [-0.4, -0.2) is 50.6 Å². The summed E-state index contributed by atoms with van der Waals surface area (Å²) in [7, 11) is 0. The zero-order valence-corrected chi connectivity index (χ0v) is 22.8. The standard InChI is InChI=1S/C30H31FN4O4S/c31-21-5-3-4-20(16-21)28-33-25(19-8-10-22(11-9-19)35-14-15-40-30(37,38)18-35)26(39-28)23-6-1-2-7-24(23)27(36)34-29(17-32)12-13-29/h3-5,8-11,16,23-24,37-38H,1-2,6-7,12-15,18H2,(H,34,36). The molecular weight excluding hydrogens is 531 g/mol. The molecule has 2 atom stereocenters. The highest BCUT2D eigenvalue weighted by atomic mass is 32.2. The molecular formula is C30H31FN4O4S. The van der Waals surface area contributed by atoms with Crippen molar-refractivity contribution in [2.24, 2.45) is 5.92 Å². The van der Waals surface area contributed by atoms with Crippen LogP contribution < -0.4 is 10.2 Å². The molecule has 208 valence electrons. The number of β-amino-alcohol motifs (C(OH)–C–C–N with tert-alkyl or cyclic N) is 2. The molecule has 2 unspecified atom stereocenters. The Kier molecular flexibility index (Phi) is 7.07. The zero-order valence-electron chi connectivity index (χ0n) is 22.0. The lowest BCUT2D eigenvalue weighted by molar-refractivity contribution is -0.127. The van der Waals surface area contributed by atoms with Crippen LogP contribution in [0.5, 0.6) is 0 Å². The minimum atomic E-state index is -1.79. The van der Waals surface area contributed by atoms with Gasteiger partial charge in [0, 0.05) is 40.9 Å². The van der Waals surface area contributed by atoms with Crippen LogP contribution >= 0.6 is 11.8 Å². The number of aromatic nitrogens is 1. The van der Waals surface area contributed by atoms with Gasteiger partial charge in [-0.25, -0.2) is 9.37 Å². The monoisotopic (exact) mass is 562 g/mol. The second-order valence-corrected chi connectivity index (χ2v) is 12.3. The third kappa shape index (κ3) is 5.46. The molecule has 0 bridgehead atoms. The van der Waals surface area contributed by atoms with Crippen LogP contribution in [0.25, 0.3) is 22.7 Å². The van der Waals surface area contributed by atoms with Crippen LogP contribution in [0.3, 0.4) is 0 Å². The third-order valence-corrected chi connectivity index (χ3v) is 9.07. The molecule has 2 saturated carbocycles. The fourth-order valence-corrected chi connectivity index (χ4v) is 6.64. The highest BCUT2D eigenvalue weighted by molar-refractivity contribution is 8.00. The summed E-state index contributed by atoms with van der Waals surface area (Å²) in [5.41, 5.74) is 2.00. The number of nitrogens with one attached hydrogen (secondary N) is 1. The number of aliphatic hydroxyl groups is 2. The Morgan fingerprint density at radius 3 is 2.62 bits per heavy atom. The summed E-state index contributed by atoms with van der Waals surface area (Å²) >= 11 is 1.12. The van der Waals surface area contributed by atoms with Crippen LogP contribution in [0.4, 0.5) is 10.1 Å². The second kappa shape index (κ2) is 10.5. The second-order valence-electron chi connectivity index (χ2n) is 11.0. The molecule has 2 heterocycles. The number of carbonyl (C=O) groups is 1. The van der Waals surface area contributed by atoms with Crippen molar-refractivity contribution in [2.45, 2.75) is 55.1 Å². The molecule has 8 nitrogen and oxygen atoms in total. The van der Waals surface area contributed by atoms with Gasteiger partial charge in [-0.3, -0.25) is 4.79 Å². The molecule has 0 radical (unpaired) electrons. The maximum Gasteiger partial charge on any atom is 0.231 e. The molecule has 10 heteroatoms. The zero-order chi connectivity index (χ0) is 27.9. The summed E-state index contributed by atoms with van der Waals surface area (Å²) < 4.78 is 20.5. The van der Waals surface area contributed by atoms with E-state index in [1.165, 1.54) is 12.1 Å². The van der Waals surface area contributed by atoms with Crippen LogP contribution in [0.15, 0.2) is 52.9 Å². The van der Waals surface area contributed by atoms with Gasteiger partial charge in [0.15, 0.2) is 0 Å². The van der Waals surface area contributed by atoms with E-state index in [2.05, 4.69) is 11.4 Å². The first kappa shape index (κ1) is 26.8. The van der Waals surface area contributed by atoms with Gasteiger partial charge >= 0.3 is 0 Å². The number of benzene rings is 2. The van der Waals surface area contributed by atoms with E-state index >= 15 is 0 Å². The van der Waals surface area contributed by atoms with Gasteiger partial charge in [-0.05, 0) is 56.0 Å². The fourth-order valence-electron chi connectivity index (χ4n) is 5.75. The Morgan fingerprint density at radius 2 is 1.93 bits per heavy atom. The molecule has 3 N–H and O–H groups in total. The van der Waals surface area contributed by atoms with Crippen molar-refractivity contribution >= 4 is 23.4 Å². The molecule has 3 fully saturated rings. The molecule has 3 aliphatic rings. The van der Waals surface area contributed by atoms with Gasteiger partial charge in [0.1, 0.15) is 22.8 Å². The molecule has 2 aromatic carbocycles. The summed E-state index contributed by atoms with van der Waals surface area (Å²) in [4.78, 5) is 20.2. The number of nitriles is 1. The lowest BCUT2D eigenvalue weighted by atomic mass is 9.76. The first-order valence-corrected chi connectivity index (χ1v) is 14.7. The maximum atomic E-state index is 14.1. The average molecular weight is 563 g/mol. The van der Waals surface area contributed by atoms with E-state index in [9.17, 15) is 24.7 Å². The minimum absolute atomic E-state index is 0.0962. The Bertz CT molecular complexity index is 1450. The van der Waals surface area contributed by atoms with Crippen molar-refractivity contribution in [3.8, 4) is 28.8 Å². The largest absolute Gasteiger partial charge is 0.440 e. The predicted octanol–water partition coefficient (Wildman–Crippen LogP) is 4.79. The minimum Gasteiger partial charge on any atom is -0.440 e. The van der Waals surface area contributed by atoms with Crippen LogP contribution in [-0.2, 0) is 4.79 Å². The van der Waals surface area contributed by atoms with Crippen molar-refractivity contribution in [1.82, 2.24) is 10.3 Å². The van der Waals surface area contributed by atoms with E-state index in [0.717, 1.165) is 42.3 Å². The SMILES string of the molecule is N#CC1(NC(=O)C2CCCCC2c2oc(-c3cccc(F)c3)nc2-c2ccc(N3CCSC(O)(O)C3)cc2)CC1. The number of rotatable bonds is 6. The van der Waals surface area contributed by atoms with E-state index in [-0.39, 0.29) is 30.2 Å². The van der Waals surface area contributed by atoms with Crippen molar-refractivity contribution in [2.75, 3.05) is 23.7 Å². The number of hydrogen-bond donors (Lipinski definition) is 3. The van der Waals surface area contributed by atoms with Gasteiger partial charge < -0.3 is 24.8 Å². The number of thioether (sulfide) groups is 1. The molecule has 3 aromatic rings. The number of nitrogens with zero attached hydrogens (tertiary/aromatic N) is 3. The summed E-state index contributed by atoms with van der Waals surface area (Å²) in [6.07, 6.45) is 4.60. The number of carbonyl (C=O) groups excluding carboxylic acids is 1. The highest BCUT2D eigenvalue weighted by Crippen LogP contribution is 2.45. The van der Waals surface area contributed by atoms with Gasteiger partial charge in [0.2, 0.25) is 16.9 Å². The highest BCUT2D eigenvalue weighted by Gasteiger charge is 2.47. The maximum absolute atomic E-state index is 14.1. The Morgan fingerprint density at radius 1 is 1.15 bits per heavy atom. The fraction of sp³-hybridized carbons (Fsp3) is 0.433. The molecule has 1 saturated heterocycles. The number of halogens is 1. The van der Waals surface area contributed by atoms with Gasteiger partial charge in [0.25, 0.3) is 0 Å². The molecule has 40 heavy (non-hydrogen) atoms. The number of hydrogen-bond acceptors (Lipinski definition) is 8. The van der Waals surface area contributed by atoms with Crippen molar-refractivity contribution in [3.63, 3.8) is 0 Å². The molecule has 1 amide bonds. The molecule has 6 rings (SSSR count). The molecule has 0 spiro atoms. The van der Waals surface area contributed by atoms with Crippen molar-refractivity contribution in [3.05, 3.63) is 60.1 Å². The lowest BCUT2D eigenvalue weighted by Crippen LogP contribution is -2.46. The Balaban J connectivity index is 1.36. The van der Waals surface area contributed by atoms with E-state index in [4.69, 9.17) is 9.40 Å². The Hall–Kier alpha value is -3.39. The van der Waals surface area contributed by atoms with Crippen LogP contribution in [0.1, 0.15) is 50.2 Å². The van der Waals surface area contributed by atoms with Crippen molar-refractivity contribution in [1.29, 1.82) is 5.26 Å². The van der Waals surface area contributed by atoms with Crippen molar-refractivity contribution < 1.29 is 23.8 Å². The molecule has 2 aliphatic carbocycles. The van der Waals surface area contributed by atoms with Crippen LogP contribution in [0.2, 0.25) is 0 Å². The quantitative estimate of drug-likeness (QED) is 0.367. The van der Waals surface area contributed by atoms with E-state index in [1.807, 2.05) is 29.2 Å². The molecule has 1 aromatic heterocycles. The van der Waals surface area contributed by atoms with Gasteiger partial charge in [-0.2, -0.15) is 5.26 Å². The smallest absolute Gasteiger partial charge is 0.231 e. The number of anilines is 1. The number of amides is 1. The first-order chi connectivity index (χ1) is 19.3. The summed E-state index contributed by atoms with van der Waals surface area (Å²) in [6, 6.07) is 16.0. The van der Waals surface area contributed by atoms with Crippen LogP contribution in [0, 0.1) is 23.1 Å². The van der Waals surface area contributed by atoms with Gasteiger partial charge in [0.05, 0.1) is 12.6 Å². The van der Waals surface area contributed by atoms with E-state index in [0.29, 0.717) is 48.6 Å². The average Bonchev–Trinajstić information content (AvgIpc) is 3.59. The van der Waals surface area contributed by atoms with E-state index in [1.54, 1.807) is 12.1 Å². The molecule has 1 aliphatic heterocycles. The third-order valence-electron chi connectivity index (χ3n) is 8.09. The topological polar surface area (TPSA) is 123 Å². The summed E-state index contributed by atoms with van der Waals surface area (Å²) in [5, 5.41) is 30.9. The summed E-state index contributed by atoms with van der Waals surface area (Å²) in [6.45, 7) is 0.786. The summed E-state index contributed by atoms with van der Waals surface area (Å²) in [5.74, 6) is 0.341. The first-order valence-electron chi connectivity index (χ1n) is 13.7. The van der Waals surface area contributed by atoms with Gasteiger partial charge in [-0.15, -0.1) is 0 Å². The Labute approximate surface area is 236 Å². The van der Waals surface area contributed by atoms with E-state index < -0.39 is 16.5 Å². The van der Waals surface area contributed by atoms with Gasteiger partial charge in [-0.1, -0.05) is 42.8 Å². The normalized spacial score (nSPS) is 23.3. The predicted molar refractivity (Wildman–Crippen MR) is 150 cm³/mol. The number of oxazole rings is 1.